The van der Waals surface area contributed by atoms with Gasteiger partial charge in [-0.25, -0.2) is 4.79 Å². The van der Waals surface area contributed by atoms with Crippen LogP contribution in [0.1, 0.15) is 32.1 Å². The van der Waals surface area contributed by atoms with Crippen LogP contribution in [-0.4, -0.2) is 103 Å². The fraction of sp³-hybridized carbons (Fsp3) is 0.500. The van der Waals surface area contributed by atoms with E-state index < -0.39 is 54.5 Å². The van der Waals surface area contributed by atoms with Gasteiger partial charge in [-0.3, -0.25) is 38.4 Å². The van der Waals surface area contributed by atoms with Crippen molar-refractivity contribution in [1.82, 2.24) is 31.2 Å². The van der Waals surface area contributed by atoms with Crippen LogP contribution in [0.15, 0.2) is 12.2 Å². The lowest BCUT2D eigenvalue weighted by molar-refractivity contribution is -0.197. The zero-order chi connectivity index (χ0) is 28.5. The zero-order valence-electron chi connectivity index (χ0n) is 20.8. The lowest BCUT2D eigenvalue weighted by atomic mass is 10.2. The standard InChI is InChI=1S/C22H30N6O10/c1-27(19(34)5-3-11-29)10-2-4-15(30)24-13-17(32)26-14-18(33)25-12-16(31)23-9-8-22(37)38-28-20(35)6-7-21(28)36/h3,5,11H,2,4,6-10,12-14H2,1H3,(H,23,31)(H,24,30)(H,25,33)(H,26,32)/b5-3-. The normalized spacial score (nSPS) is 12.6. The predicted molar refractivity (Wildman–Crippen MR) is 126 cm³/mol. The first-order valence-electron chi connectivity index (χ1n) is 11.5. The second kappa shape index (κ2) is 16.9. The van der Waals surface area contributed by atoms with Crippen molar-refractivity contribution in [1.29, 1.82) is 0 Å². The Bertz CT molecular complexity index is 964. The molecule has 0 radical (unpaired) electrons. The van der Waals surface area contributed by atoms with Crippen molar-refractivity contribution in [2.75, 3.05) is 39.8 Å². The minimum Gasteiger partial charge on any atom is -0.354 e. The summed E-state index contributed by atoms with van der Waals surface area (Å²) in [6.45, 7) is -1.17. The molecule has 7 amide bonds. The van der Waals surface area contributed by atoms with Crippen molar-refractivity contribution in [2.45, 2.75) is 32.1 Å². The van der Waals surface area contributed by atoms with E-state index in [1.165, 1.54) is 11.9 Å². The first-order chi connectivity index (χ1) is 18.0. The smallest absolute Gasteiger partial charge is 0.334 e. The lowest BCUT2D eigenvalue weighted by Gasteiger charge is -2.14. The lowest BCUT2D eigenvalue weighted by Crippen LogP contribution is -2.44. The van der Waals surface area contributed by atoms with Gasteiger partial charge in [0.05, 0.1) is 26.1 Å². The van der Waals surface area contributed by atoms with E-state index >= 15 is 0 Å². The van der Waals surface area contributed by atoms with Gasteiger partial charge in [-0.1, -0.05) is 0 Å². The van der Waals surface area contributed by atoms with E-state index in [4.69, 9.17) is 0 Å². The van der Waals surface area contributed by atoms with Gasteiger partial charge in [0.2, 0.25) is 29.5 Å². The Morgan fingerprint density at radius 3 is 1.92 bits per heavy atom. The third-order valence-electron chi connectivity index (χ3n) is 4.78. The van der Waals surface area contributed by atoms with Crippen LogP contribution >= 0.6 is 0 Å². The third-order valence-corrected chi connectivity index (χ3v) is 4.78. The summed E-state index contributed by atoms with van der Waals surface area (Å²) in [6.07, 6.45) is 2.62. The molecule has 1 rings (SSSR count). The van der Waals surface area contributed by atoms with Gasteiger partial charge in [-0.05, 0) is 12.5 Å². The molecular formula is C22H30N6O10. The van der Waals surface area contributed by atoms with E-state index in [9.17, 15) is 43.2 Å². The molecule has 0 bridgehead atoms. The van der Waals surface area contributed by atoms with Crippen molar-refractivity contribution in [2.24, 2.45) is 0 Å². The van der Waals surface area contributed by atoms with E-state index in [2.05, 4.69) is 26.1 Å². The molecule has 1 aliphatic rings. The summed E-state index contributed by atoms with van der Waals surface area (Å²) in [5.74, 6) is -4.91. The maximum atomic E-state index is 11.8. The molecule has 0 aromatic carbocycles. The molecule has 0 spiro atoms. The molecule has 1 aliphatic heterocycles. The average molecular weight is 539 g/mol. The Kier molecular flexibility index (Phi) is 14.0. The Morgan fingerprint density at radius 2 is 1.37 bits per heavy atom. The molecule has 4 N–H and O–H groups in total. The fourth-order valence-corrected chi connectivity index (χ4v) is 2.76. The second-order valence-corrected chi connectivity index (χ2v) is 7.83. The molecule has 38 heavy (non-hydrogen) atoms. The monoisotopic (exact) mass is 538 g/mol. The quantitative estimate of drug-likeness (QED) is 0.0861. The summed E-state index contributed by atoms with van der Waals surface area (Å²) >= 11 is 0. The number of amides is 7. The van der Waals surface area contributed by atoms with Gasteiger partial charge in [0.15, 0.2) is 0 Å². The zero-order valence-corrected chi connectivity index (χ0v) is 20.8. The SMILES string of the molecule is CN(CCCC(=O)NCC(=O)NCC(=O)NCC(=O)NCCC(=O)ON1C(=O)CCC1=O)C(=O)/C=C\C=O. The number of carbonyl (C=O) groups excluding carboxylic acids is 9. The molecule has 16 heteroatoms. The number of rotatable bonds is 16. The third kappa shape index (κ3) is 12.9. The van der Waals surface area contributed by atoms with Gasteiger partial charge in [0, 0.05) is 45.5 Å². The maximum absolute atomic E-state index is 11.8. The first kappa shape index (κ1) is 31.4. The molecule has 1 heterocycles. The first-order valence-corrected chi connectivity index (χ1v) is 11.5. The van der Waals surface area contributed by atoms with Gasteiger partial charge in [-0.15, -0.1) is 5.06 Å². The van der Waals surface area contributed by atoms with Crippen molar-refractivity contribution < 1.29 is 48.0 Å². The van der Waals surface area contributed by atoms with Crippen LogP contribution in [0, 0.1) is 0 Å². The van der Waals surface area contributed by atoms with E-state index in [0.717, 1.165) is 12.2 Å². The van der Waals surface area contributed by atoms with Gasteiger partial charge in [0.25, 0.3) is 11.8 Å². The highest BCUT2D eigenvalue weighted by Gasteiger charge is 2.32. The highest BCUT2D eigenvalue weighted by atomic mass is 16.7. The number of aldehydes is 1. The van der Waals surface area contributed by atoms with Crippen LogP contribution in [0.25, 0.3) is 0 Å². The number of hydrogen-bond acceptors (Lipinski definition) is 10. The summed E-state index contributed by atoms with van der Waals surface area (Å²) in [7, 11) is 1.51. The molecule has 0 aromatic heterocycles. The Morgan fingerprint density at radius 1 is 0.842 bits per heavy atom. The summed E-state index contributed by atoms with van der Waals surface area (Å²) in [6, 6.07) is 0. The Hall–Kier alpha value is -4.63. The molecule has 0 aliphatic carbocycles. The average Bonchev–Trinajstić information content (AvgIpc) is 3.19. The molecule has 16 nitrogen and oxygen atoms in total. The van der Waals surface area contributed by atoms with Crippen LogP contribution in [0.2, 0.25) is 0 Å². The van der Waals surface area contributed by atoms with Crippen LogP contribution < -0.4 is 21.3 Å². The largest absolute Gasteiger partial charge is 0.354 e. The number of allylic oxidation sites excluding steroid dienone is 1. The number of likely N-dealkylation sites (N-methyl/N-ethyl adjacent to an activating group) is 1. The molecular weight excluding hydrogens is 508 g/mol. The van der Waals surface area contributed by atoms with E-state index in [-0.39, 0.29) is 51.2 Å². The summed E-state index contributed by atoms with van der Waals surface area (Å²) in [4.78, 5) is 109. The van der Waals surface area contributed by atoms with Crippen LogP contribution in [-0.2, 0) is 48.0 Å². The molecule has 0 unspecified atom stereocenters. The molecule has 1 saturated heterocycles. The van der Waals surface area contributed by atoms with Crippen LogP contribution in [0.3, 0.4) is 0 Å². The van der Waals surface area contributed by atoms with Crippen LogP contribution in [0.4, 0.5) is 0 Å². The van der Waals surface area contributed by atoms with Gasteiger partial charge in [-0.2, -0.15) is 0 Å². The highest BCUT2D eigenvalue weighted by molar-refractivity contribution is 6.01. The van der Waals surface area contributed by atoms with E-state index in [1.54, 1.807) is 0 Å². The Balaban J connectivity index is 2.11. The molecule has 0 saturated carbocycles. The minimum atomic E-state index is -0.890. The van der Waals surface area contributed by atoms with E-state index in [0.29, 0.717) is 17.8 Å². The van der Waals surface area contributed by atoms with Crippen molar-refractivity contribution in [3.05, 3.63) is 12.2 Å². The number of hydrogen-bond donors (Lipinski definition) is 4. The maximum Gasteiger partial charge on any atom is 0.334 e. The number of hydroxylamine groups is 2. The molecule has 208 valence electrons. The Labute approximate surface area is 217 Å². The van der Waals surface area contributed by atoms with Gasteiger partial charge < -0.3 is 31.0 Å². The molecule has 0 atom stereocenters. The molecule has 0 aromatic rings. The predicted octanol–water partition coefficient (Wildman–Crippen LogP) is -3.56. The number of imide groups is 1. The van der Waals surface area contributed by atoms with E-state index in [1.807, 2.05) is 0 Å². The van der Waals surface area contributed by atoms with Crippen molar-refractivity contribution in [3.8, 4) is 0 Å². The summed E-state index contributed by atoms with van der Waals surface area (Å²) in [5, 5.41) is 9.61. The topological polar surface area (TPSA) is 217 Å². The molecule has 1 fully saturated rings. The number of nitrogens with one attached hydrogen (secondary N) is 4. The van der Waals surface area contributed by atoms with Gasteiger partial charge >= 0.3 is 5.97 Å². The van der Waals surface area contributed by atoms with Gasteiger partial charge in [0.1, 0.15) is 6.29 Å². The van der Waals surface area contributed by atoms with Crippen molar-refractivity contribution >= 4 is 53.6 Å². The second-order valence-electron chi connectivity index (χ2n) is 7.83. The minimum absolute atomic E-state index is 0.0380. The van der Waals surface area contributed by atoms with Crippen molar-refractivity contribution in [3.63, 3.8) is 0 Å². The highest BCUT2D eigenvalue weighted by Crippen LogP contribution is 2.12. The van der Waals surface area contributed by atoms with Crippen LogP contribution in [0.5, 0.6) is 0 Å². The number of carbonyl (C=O) groups is 9. The summed E-state index contributed by atoms with van der Waals surface area (Å²) < 4.78 is 0. The fourth-order valence-electron chi connectivity index (χ4n) is 2.76. The number of nitrogens with zero attached hydrogens (tertiary/aromatic N) is 2. The summed E-state index contributed by atoms with van der Waals surface area (Å²) in [5.41, 5.74) is 0.